The average Bonchev–Trinajstić information content (AvgIpc) is 2.64. The summed E-state index contributed by atoms with van der Waals surface area (Å²) < 4.78 is 36.9. The molecule has 0 bridgehead atoms. The van der Waals surface area contributed by atoms with E-state index < -0.39 is 20.0 Å². The van der Waals surface area contributed by atoms with Crippen molar-refractivity contribution in [1.82, 2.24) is 0 Å². The van der Waals surface area contributed by atoms with E-state index in [4.69, 9.17) is 0 Å². The van der Waals surface area contributed by atoms with E-state index in [1.807, 2.05) is 44.2 Å². The molecule has 0 saturated carbocycles. The van der Waals surface area contributed by atoms with Crippen LogP contribution in [0.15, 0.2) is 35.9 Å². The monoisotopic (exact) mass is 320 g/mol. The van der Waals surface area contributed by atoms with Crippen molar-refractivity contribution in [3.05, 3.63) is 41.5 Å². The minimum absolute atomic E-state index is 0.656. The van der Waals surface area contributed by atoms with Gasteiger partial charge in [0.05, 0.1) is 10.2 Å². The maximum Gasteiger partial charge on any atom is 0.175 e. The largest absolute Gasteiger partial charge is 0.182 e. The van der Waals surface area contributed by atoms with Crippen molar-refractivity contribution in [1.29, 1.82) is 0 Å². The Morgan fingerprint density at radius 3 is 2.37 bits per heavy atom. The molecule has 104 valence electrons. The summed E-state index contributed by atoms with van der Waals surface area (Å²) in [7, 11) is -4.16. The molecule has 1 aliphatic rings. The molecule has 1 aromatic carbocycles. The van der Waals surface area contributed by atoms with Gasteiger partial charge in [0.2, 0.25) is 0 Å². The van der Waals surface area contributed by atoms with Gasteiger partial charge in [0.15, 0.2) is 9.80 Å². The molecule has 19 heavy (non-hydrogen) atoms. The fourth-order valence-electron chi connectivity index (χ4n) is 1.80. The van der Waals surface area contributed by atoms with Crippen LogP contribution in [-0.2, 0) is 3.74 Å². The van der Waals surface area contributed by atoms with Crippen molar-refractivity contribution in [2.75, 3.05) is 0 Å². The van der Waals surface area contributed by atoms with Crippen LogP contribution in [0.1, 0.15) is 25.8 Å². The summed E-state index contributed by atoms with van der Waals surface area (Å²) in [6, 6.07) is 9.66. The fourth-order valence-corrected chi connectivity index (χ4v) is 7.10. The highest BCUT2D eigenvalue weighted by Gasteiger charge is 2.32. The normalized spacial score (nSPS) is 20.3. The highest BCUT2D eigenvalue weighted by Crippen LogP contribution is 2.53. The number of hydrogen-bond acceptors (Lipinski definition) is 5. The van der Waals surface area contributed by atoms with E-state index >= 15 is 0 Å². The molecule has 0 aliphatic carbocycles. The molecule has 2 rings (SSSR count). The second-order valence-electron chi connectivity index (χ2n) is 3.86. The molecule has 1 atom stereocenters. The fraction of sp³-hybridized carbons (Fsp3) is 0.250. The molecule has 1 aromatic rings. The molecule has 0 aromatic heterocycles. The Labute approximate surface area is 120 Å². The predicted octanol–water partition coefficient (Wildman–Crippen LogP) is 0.760. The highest BCUT2D eigenvalue weighted by molar-refractivity contribution is 8.85. The lowest BCUT2D eigenvalue weighted by molar-refractivity contribution is -1.91. The molecule has 0 radical (unpaired) electrons. The van der Waals surface area contributed by atoms with E-state index in [1.165, 1.54) is 10.8 Å². The molecule has 1 heterocycles. The lowest BCUT2D eigenvalue weighted by Crippen LogP contribution is -2.60. The van der Waals surface area contributed by atoms with E-state index in [0.29, 0.717) is 6.42 Å². The maximum absolute atomic E-state index is 10.8. The van der Waals surface area contributed by atoms with Gasteiger partial charge in [-0.15, -0.1) is 0 Å². The van der Waals surface area contributed by atoms with Crippen molar-refractivity contribution in [2.24, 2.45) is 0 Å². The Bertz CT molecular complexity index is 534. The molecule has 0 fully saturated rings. The van der Waals surface area contributed by atoms with E-state index in [1.54, 1.807) is 0 Å². The zero-order valence-electron chi connectivity index (χ0n) is 10.4. The molecule has 0 saturated heterocycles. The van der Waals surface area contributed by atoms with Gasteiger partial charge in [-0.1, -0.05) is 37.3 Å². The molecule has 0 N–H and O–H groups in total. The summed E-state index contributed by atoms with van der Waals surface area (Å²) in [6.07, 6.45) is 0.656. The minimum atomic E-state index is -4.41. The van der Waals surface area contributed by atoms with Crippen LogP contribution in [0, 0.1) is 10.2 Å². The highest BCUT2D eigenvalue weighted by atomic mass is 35.7. The zero-order valence-corrected chi connectivity index (χ0v) is 12.8. The van der Waals surface area contributed by atoms with Gasteiger partial charge in [-0.2, -0.15) is 14.0 Å². The van der Waals surface area contributed by atoms with Crippen molar-refractivity contribution in [2.45, 2.75) is 20.3 Å². The smallest absolute Gasteiger partial charge is 0.175 e. The second-order valence-corrected chi connectivity index (χ2v) is 8.06. The van der Waals surface area contributed by atoms with Gasteiger partial charge in [0, 0.05) is 9.77 Å². The number of hydrogen-bond donors (Lipinski definition) is 0. The Hall–Kier alpha value is -0.340. The number of halogens is 1. The summed E-state index contributed by atoms with van der Waals surface area (Å²) in [5.41, 5.74) is 2.01. The molecule has 1 unspecified atom stereocenters. The number of allylic oxidation sites excluding steroid dienone is 1. The summed E-state index contributed by atoms with van der Waals surface area (Å²) in [5, 5.41) is 0. The first-order valence-corrected chi connectivity index (χ1v) is 9.30. The van der Waals surface area contributed by atoms with Crippen LogP contribution in [-0.4, -0.2) is 4.86 Å². The number of rotatable bonds is 4. The predicted molar refractivity (Wildman–Crippen MR) is 70.6 cm³/mol. The van der Waals surface area contributed by atoms with Crippen molar-refractivity contribution in [3.8, 4) is 0 Å². The Morgan fingerprint density at radius 1 is 1.21 bits per heavy atom. The first-order valence-electron chi connectivity index (χ1n) is 5.58. The molecule has 0 amide bonds. The molecular formula is C12H13ClO4S2. The first kappa shape index (κ1) is 15.1. The zero-order chi connectivity index (χ0) is 14.0. The molecule has 1 aliphatic heterocycles. The van der Waals surface area contributed by atoms with Gasteiger partial charge in [-0.05, 0) is 35.3 Å². The van der Waals surface area contributed by atoms with Gasteiger partial charge >= 0.3 is 0 Å². The van der Waals surface area contributed by atoms with E-state index in [9.17, 15) is 14.0 Å². The summed E-state index contributed by atoms with van der Waals surface area (Å²) in [6.45, 7) is 3.85. The molecule has 4 nitrogen and oxygen atoms in total. The van der Waals surface area contributed by atoms with Crippen molar-refractivity contribution >= 4 is 30.4 Å². The second kappa shape index (κ2) is 5.97. The van der Waals surface area contributed by atoms with Crippen LogP contribution in [0.4, 0.5) is 0 Å². The molecule has 7 heteroatoms. The lowest BCUT2D eigenvalue weighted by Gasteiger charge is -2.13. The van der Waals surface area contributed by atoms with E-state index in [2.05, 4.69) is 3.74 Å². The third kappa shape index (κ3) is 3.61. The van der Waals surface area contributed by atoms with Crippen LogP contribution in [0.2, 0.25) is 0 Å². The van der Waals surface area contributed by atoms with Crippen molar-refractivity contribution < 1.29 is 28.0 Å². The SMILES string of the molecule is CCC1=S(O[Cl+3]([O-])([O-])[O-])SC(c2ccccc2)=C1C. The van der Waals surface area contributed by atoms with Crippen LogP contribution >= 0.6 is 20.6 Å². The Kier molecular flexibility index (Phi) is 4.73. The maximum atomic E-state index is 10.8. The standard InChI is InChI=1S/C12H13ClO4S2/c1-3-11-9(2)12(10-7-5-4-6-8-10)18-19(11)17-13(14,15)16/h4-8H,3H2,1-2H3. The quantitative estimate of drug-likeness (QED) is 0.604. The number of benzene rings is 1. The van der Waals surface area contributed by atoms with Gasteiger partial charge in [0.25, 0.3) is 0 Å². The first-order chi connectivity index (χ1) is 8.92. The summed E-state index contributed by atoms with van der Waals surface area (Å²) >= 11 is 0. The van der Waals surface area contributed by atoms with Gasteiger partial charge < -0.3 is 0 Å². The Morgan fingerprint density at radius 2 is 1.84 bits per heavy atom. The third-order valence-corrected chi connectivity index (χ3v) is 7.56. The third-order valence-electron chi connectivity index (χ3n) is 2.61. The van der Waals surface area contributed by atoms with Gasteiger partial charge in [-0.25, -0.2) is 0 Å². The minimum Gasteiger partial charge on any atom is -0.182 e. The summed E-state index contributed by atoms with van der Waals surface area (Å²) in [4.78, 5) is 1.84. The van der Waals surface area contributed by atoms with Gasteiger partial charge in [0.1, 0.15) is 3.74 Å². The van der Waals surface area contributed by atoms with Gasteiger partial charge in [-0.3, -0.25) is 0 Å². The summed E-state index contributed by atoms with van der Waals surface area (Å²) in [5.74, 6) is 0. The topological polar surface area (TPSA) is 78.4 Å². The van der Waals surface area contributed by atoms with Crippen LogP contribution in [0.5, 0.6) is 0 Å². The molecule has 0 spiro atoms. The van der Waals surface area contributed by atoms with Crippen LogP contribution in [0.25, 0.3) is 4.91 Å². The molecular weight excluding hydrogens is 308 g/mol. The van der Waals surface area contributed by atoms with E-state index in [-0.39, 0.29) is 0 Å². The van der Waals surface area contributed by atoms with Crippen LogP contribution in [0.3, 0.4) is 0 Å². The Balaban J connectivity index is 2.31. The van der Waals surface area contributed by atoms with E-state index in [0.717, 1.165) is 20.9 Å². The average molecular weight is 321 g/mol. The van der Waals surface area contributed by atoms with Crippen molar-refractivity contribution in [3.63, 3.8) is 0 Å². The van der Waals surface area contributed by atoms with Crippen LogP contribution < -0.4 is 14.0 Å². The lowest BCUT2D eigenvalue weighted by atomic mass is 10.1.